The number of fused-ring (bicyclic) bond motifs is 1. The molecule has 3 rings (SSSR count). The Morgan fingerprint density at radius 1 is 1.19 bits per heavy atom. The molecule has 2 heteroatoms. The maximum atomic E-state index is 6.35. The van der Waals surface area contributed by atoms with Crippen LogP contribution in [0.4, 0.5) is 0 Å². The van der Waals surface area contributed by atoms with Crippen LogP contribution >= 0.6 is 0 Å². The van der Waals surface area contributed by atoms with E-state index in [4.69, 9.17) is 5.73 Å². The highest BCUT2D eigenvalue weighted by molar-refractivity contribution is 5.37. The minimum Gasteiger partial charge on any atom is -0.328 e. The molecule has 1 atom stereocenters. The molecule has 0 aromatic heterocycles. The molecule has 2 N–H and O–H groups in total. The predicted octanol–water partition coefficient (Wildman–Crippen LogP) is 3.69. The van der Waals surface area contributed by atoms with Crippen LogP contribution in [0.1, 0.15) is 56.6 Å². The third-order valence-corrected chi connectivity index (χ3v) is 6.10. The summed E-state index contributed by atoms with van der Waals surface area (Å²) in [7, 11) is 2.33. The number of rotatable bonds is 3. The second kappa shape index (κ2) is 6.10. The molecule has 1 saturated carbocycles. The molecule has 1 unspecified atom stereocenters. The molecule has 0 heterocycles. The third-order valence-electron chi connectivity index (χ3n) is 6.10. The van der Waals surface area contributed by atoms with E-state index in [1.807, 2.05) is 0 Å². The molecule has 0 spiro atoms. The van der Waals surface area contributed by atoms with E-state index >= 15 is 0 Å². The Kier molecular flexibility index (Phi) is 4.37. The first-order chi connectivity index (χ1) is 10.2. The summed E-state index contributed by atoms with van der Waals surface area (Å²) in [6.45, 7) is 3.14. The minimum atomic E-state index is 0.0695. The van der Waals surface area contributed by atoms with Crippen LogP contribution in [0.25, 0.3) is 0 Å². The van der Waals surface area contributed by atoms with Crippen molar-refractivity contribution in [3.05, 3.63) is 35.4 Å². The third kappa shape index (κ3) is 2.64. The highest BCUT2D eigenvalue weighted by Crippen LogP contribution is 2.42. The summed E-state index contributed by atoms with van der Waals surface area (Å²) in [6, 6.07) is 9.69. The second-order valence-electron chi connectivity index (χ2n) is 7.27. The van der Waals surface area contributed by atoms with Crippen LogP contribution in [0.3, 0.4) is 0 Å². The van der Waals surface area contributed by atoms with Crippen molar-refractivity contribution in [3.8, 4) is 0 Å². The van der Waals surface area contributed by atoms with Gasteiger partial charge in [0.05, 0.1) is 5.54 Å². The Hall–Kier alpha value is -0.860. The van der Waals surface area contributed by atoms with E-state index in [0.29, 0.717) is 6.04 Å². The number of nitrogens with two attached hydrogens (primary N) is 1. The summed E-state index contributed by atoms with van der Waals surface area (Å²) >= 11 is 0. The molecule has 1 aromatic carbocycles. The Labute approximate surface area is 129 Å². The lowest BCUT2D eigenvalue weighted by Gasteiger charge is -2.50. The van der Waals surface area contributed by atoms with Gasteiger partial charge >= 0.3 is 0 Å². The number of likely N-dealkylation sites (N-methyl/N-ethyl adjacent to an activating group) is 1. The lowest BCUT2D eigenvalue weighted by Crippen LogP contribution is -2.55. The van der Waals surface area contributed by atoms with E-state index < -0.39 is 0 Å². The van der Waals surface area contributed by atoms with Crippen molar-refractivity contribution < 1.29 is 0 Å². The predicted molar refractivity (Wildman–Crippen MR) is 89.3 cm³/mol. The number of nitrogens with zero attached hydrogens (tertiary/aromatic N) is 1. The molecule has 1 aromatic rings. The summed E-state index contributed by atoms with van der Waals surface area (Å²) in [5.74, 6) is 0.905. The van der Waals surface area contributed by atoms with Crippen molar-refractivity contribution in [1.82, 2.24) is 4.90 Å². The van der Waals surface area contributed by atoms with Crippen molar-refractivity contribution in [1.29, 1.82) is 0 Å². The first kappa shape index (κ1) is 15.1. The van der Waals surface area contributed by atoms with Crippen LogP contribution in [0.15, 0.2) is 24.3 Å². The van der Waals surface area contributed by atoms with Crippen molar-refractivity contribution in [2.24, 2.45) is 11.7 Å². The molecular weight excluding hydrogens is 256 g/mol. The fraction of sp³-hybridized carbons (Fsp3) is 0.684. The molecule has 0 aliphatic heterocycles. The van der Waals surface area contributed by atoms with Crippen LogP contribution < -0.4 is 5.73 Å². The van der Waals surface area contributed by atoms with Gasteiger partial charge in [0, 0.05) is 12.6 Å². The van der Waals surface area contributed by atoms with E-state index in [0.717, 1.165) is 12.5 Å². The largest absolute Gasteiger partial charge is 0.328 e. The van der Waals surface area contributed by atoms with Gasteiger partial charge in [-0.1, -0.05) is 31.2 Å². The summed E-state index contributed by atoms with van der Waals surface area (Å²) in [6.07, 6.45) is 9.11. The Bertz CT molecular complexity index is 476. The van der Waals surface area contributed by atoms with E-state index in [1.54, 1.807) is 0 Å². The van der Waals surface area contributed by atoms with Crippen molar-refractivity contribution in [2.45, 2.75) is 63.5 Å². The summed E-state index contributed by atoms with van der Waals surface area (Å²) in [5, 5.41) is 0. The first-order valence-electron chi connectivity index (χ1n) is 8.69. The van der Waals surface area contributed by atoms with Gasteiger partial charge in [-0.3, -0.25) is 4.90 Å². The number of hydrogen-bond acceptors (Lipinski definition) is 2. The Morgan fingerprint density at radius 2 is 1.90 bits per heavy atom. The molecule has 21 heavy (non-hydrogen) atoms. The smallest absolute Gasteiger partial charge is 0.0586 e. The summed E-state index contributed by atoms with van der Waals surface area (Å²) in [4.78, 5) is 2.65. The zero-order chi connectivity index (χ0) is 14.9. The van der Waals surface area contributed by atoms with Gasteiger partial charge in [-0.25, -0.2) is 0 Å². The van der Waals surface area contributed by atoms with E-state index in [-0.39, 0.29) is 5.54 Å². The Balaban J connectivity index is 1.90. The highest BCUT2D eigenvalue weighted by atomic mass is 15.2. The zero-order valence-electron chi connectivity index (χ0n) is 13.6. The monoisotopic (exact) mass is 286 g/mol. The fourth-order valence-electron chi connectivity index (χ4n) is 4.60. The van der Waals surface area contributed by atoms with Crippen LogP contribution in [0.5, 0.6) is 0 Å². The molecule has 2 aliphatic carbocycles. The molecule has 116 valence electrons. The zero-order valence-corrected chi connectivity index (χ0v) is 13.6. The normalized spacial score (nSPS) is 33.0. The molecule has 0 radical (unpaired) electrons. The van der Waals surface area contributed by atoms with Crippen molar-refractivity contribution >= 4 is 0 Å². The van der Waals surface area contributed by atoms with E-state index in [2.05, 4.69) is 43.1 Å². The average molecular weight is 286 g/mol. The highest BCUT2D eigenvalue weighted by Gasteiger charge is 2.41. The van der Waals surface area contributed by atoms with Crippen LogP contribution in [0.2, 0.25) is 0 Å². The first-order valence-corrected chi connectivity index (χ1v) is 8.69. The molecular formula is C19H30N2. The Morgan fingerprint density at radius 3 is 2.62 bits per heavy atom. The van der Waals surface area contributed by atoms with Crippen LogP contribution in [-0.2, 0) is 12.0 Å². The van der Waals surface area contributed by atoms with Gasteiger partial charge < -0.3 is 5.73 Å². The van der Waals surface area contributed by atoms with Gasteiger partial charge in [-0.2, -0.15) is 0 Å². The van der Waals surface area contributed by atoms with Gasteiger partial charge in [0.25, 0.3) is 0 Å². The van der Waals surface area contributed by atoms with Gasteiger partial charge in [-0.15, -0.1) is 0 Å². The van der Waals surface area contributed by atoms with E-state index in [1.165, 1.54) is 56.1 Å². The molecule has 0 bridgehead atoms. The molecule has 2 nitrogen and oxygen atoms in total. The van der Waals surface area contributed by atoms with Gasteiger partial charge in [0.2, 0.25) is 0 Å². The molecule has 1 fully saturated rings. The van der Waals surface area contributed by atoms with E-state index in [9.17, 15) is 0 Å². The lowest BCUT2D eigenvalue weighted by atomic mass is 9.73. The molecule has 2 aliphatic rings. The maximum Gasteiger partial charge on any atom is 0.0586 e. The fourth-order valence-corrected chi connectivity index (χ4v) is 4.60. The maximum absolute atomic E-state index is 6.35. The standard InChI is InChI=1S/C19H30N2/c1-15-9-11-17(12-10-15)21(2)19(14-20)13-5-7-16-6-3-4-8-18(16)19/h3-4,6,8,15,17H,5,7,9-14,20H2,1-2H3. The second-order valence-corrected chi connectivity index (χ2v) is 7.27. The lowest BCUT2D eigenvalue weighted by molar-refractivity contribution is 0.0349. The van der Waals surface area contributed by atoms with Gasteiger partial charge in [-0.05, 0) is 69.0 Å². The number of aryl methyl sites for hydroxylation is 1. The summed E-state index contributed by atoms with van der Waals surface area (Å²) < 4.78 is 0. The SMILES string of the molecule is CC1CCC(N(C)C2(CN)CCCc3ccccc32)CC1. The quantitative estimate of drug-likeness (QED) is 0.918. The van der Waals surface area contributed by atoms with Crippen molar-refractivity contribution in [2.75, 3.05) is 13.6 Å². The molecule has 0 saturated heterocycles. The van der Waals surface area contributed by atoms with Crippen LogP contribution in [-0.4, -0.2) is 24.5 Å². The average Bonchev–Trinajstić information content (AvgIpc) is 2.54. The number of benzene rings is 1. The number of hydrogen-bond donors (Lipinski definition) is 1. The molecule has 0 amide bonds. The van der Waals surface area contributed by atoms with Gasteiger partial charge in [0.1, 0.15) is 0 Å². The topological polar surface area (TPSA) is 29.3 Å². The minimum absolute atomic E-state index is 0.0695. The summed E-state index contributed by atoms with van der Waals surface area (Å²) in [5.41, 5.74) is 9.43. The van der Waals surface area contributed by atoms with Gasteiger partial charge in [0.15, 0.2) is 0 Å². The van der Waals surface area contributed by atoms with Crippen molar-refractivity contribution in [3.63, 3.8) is 0 Å². The van der Waals surface area contributed by atoms with Crippen LogP contribution in [0, 0.1) is 5.92 Å².